The lowest BCUT2D eigenvalue weighted by molar-refractivity contribution is -0.153. The largest absolute Gasteiger partial charge is 0.394 e. The van der Waals surface area contributed by atoms with Gasteiger partial charge in [0.25, 0.3) is 0 Å². The zero-order valence-corrected chi connectivity index (χ0v) is 6.23. The molecular weight excluding hydrogens is 164 g/mol. The van der Waals surface area contributed by atoms with Crippen molar-refractivity contribution >= 4 is 11.9 Å². The molecule has 0 spiro atoms. The Balaban J connectivity index is 1.98. The van der Waals surface area contributed by atoms with Crippen LogP contribution in [0.5, 0.6) is 0 Å². The highest BCUT2D eigenvalue weighted by Crippen LogP contribution is 2.34. The summed E-state index contributed by atoms with van der Waals surface area (Å²) >= 11 is 0. The fourth-order valence-electron chi connectivity index (χ4n) is 1.40. The van der Waals surface area contributed by atoms with Crippen molar-refractivity contribution in [1.82, 2.24) is 0 Å². The van der Waals surface area contributed by atoms with Gasteiger partial charge in [-0.3, -0.25) is 9.59 Å². The van der Waals surface area contributed by atoms with Crippen LogP contribution in [0.15, 0.2) is 0 Å². The van der Waals surface area contributed by atoms with Gasteiger partial charge in [-0.05, 0) is 0 Å². The zero-order chi connectivity index (χ0) is 8.72. The minimum Gasteiger partial charge on any atom is -0.394 e. The lowest BCUT2D eigenvalue weighted by Gasteiger charge is -1.95. The number of esters is 2. The van der Waals surface area contributed by atoms with Crippen molar-refractivity contribution in [3.63, 3.8) is 0 Å². The molecule has 2 heterocycles. The summed E-state index contributed by atoms with van der Waals surface area (Å²) in [7, 11) is 0. The zero-order valence-electron chi connectivity index (χ0n) is 6.23. The maximum absolute atomic E-state index is 10.9. The van der Waals surface area contributed by atoms with Crippen LogP contribution in [-0.2, 0) is 19.1 Å². The monoisotopic (exact) mass is 172 g/mol. The van der Waals surface area contributed by atoms with Crippen LogP contribution in [0.25, 0.3) is 0 Å². The molecule has 0 radical (unpaired) electrons. The molecule has 0 saturated carbocycles. The molecule has 0 aromatic rings. The number of rotatable bonds is 2. The predicted molar refractivity (Wildman–Crippen MR) is 35.0 cm³/mol. The van der Waals surface area contributed by atoms with Crippen molar-refractivity contribution < 1.29 is 24.2 Å². The van der Waals surface area contributed by atoms with E-state index in [1.807, 2.05) is 0 Å². The number of carbonyl (C=O) groups is 2. The van der Waals surface area contributed by atoms with Gasteiger partial charge in [-0.1, -0.05) is 0 Å². The Morgan fingerprint density at radius 2 is 2.25 bits per heavy atom. The van der Waals surface area contributed by atoms with Gasteiger partial charge in [0.2, 0.25) is 0 Å². The number of cyclic esters (lactones) is 2. The summed E-state index contributed by atoms with van der Waals surface area (Å²) in [6.45, 7) is -0.108. The van der Waals surface area contributed by atoms with Gasteiger partial charge in [0, 0.05) is 0 Å². The number of carbonyl (C=O) groups excluding carboxylic acids is 2. The van der Waals surface area contributed by atoms with E-state index in [4.69, 9.17) is 9.84 Å². The molecule has 0 aromatic carbocycles. The van der Waals surface area contributed by atoms with Gasteiger partial charge in [-0.15, -0.1) is 0 Å². The topological polar surface area (TPSA) is 76.1 Å². The molecular formula is C7H8O5. The first-order valence-electron chi connectivity index (χ1n) is 3.73. The van der Waals surface area contributed by atoms with Crippen LogP contribution in [0.2, 0.25) is 0 Å². The van der Waals surface area contributed by atoms with Crippen LogP contribution in [0.3, 0.4) is 0 Å². The van der Waals surface area contributed by atoms with Gasteiger partial charge in [0.1, 0.15) is 12.2 Å². The second kappa shape index (κ2) is 2.53. The van der Waals surface area contributed by atoms with Crippen molar-refractivity contribution in [3.8, 4) is 0 Å². The standard InChI is InChI=1S/C7H8O5/c8-2-4-6(11-4)3-1-5(9)12-7(3)10/h3-4,6,8H,1-2H2. The Labute approximate surface area is 68.3 Å². The Morgan fingerprint density at radius 1 is 1.50 bits per heavy atom. The van der Waals surface area contributed by atoms with Crippen molar-refractivity contribution in [2.45, 2.75) is 18.6 Å². The number of hydrogen-bond donors (Lipinski definition) is 1. The van der Waals surface area contributed by atoms with Crippen molar-refractivity contribution in [2.75, 3.05) is 6.61 Å². The van der Waals surface area contributed by atoms with Gasteiger partial charge in [0.15, 0.2) is 0 Å². The molecule has 3 atom stereocenters. The first-order valence-corrected chi connectivity index (χ1v) is 3.73. The molecule has 0 bridgehead atoms. The summed E-state index contributed by atoms with van der Waals surface area (Å²) < 4.78 is 9.29. The molecule has 2 aliphatic rings. The minimum atomic E-state index is -0.527. The Morgan fingerprint density at radius 3 is 2.67 bits per heavy atom. The maximum Gasteiger partial charge on any atom is 0.319 e. The third-order valence-corrected chi connectivity index (χ3v) is 2.10. The molecule has 2 rings (SSSR count). The Kier molecular flexibility index (Phi) is 1.62. The predicted octanol–water partition coefficient (Wildman–Crippen LogP) is -1.16. The van der Waals surface area contributed by atoms with Crippen LogP contribution in [0, 0.1) is 5.92 Å². The number of aliphatic hydroxyl groups is 1. The van der Waals surface area contributed by atoms with E-state index in [-0.39, 0.29) is 25.2 Å². The second-order valence-electron chi connectivity index (χ2n) is 2.93. The molecule has 5 heteroatoms. The molecule has 0 aliphatic carbocycles. The third-order valence-electron chi connectivity index (χ3n) is 2.10. The summed E-state index contributed by atoms with van der Waals surface area (Å²) in [4.78, 5) is 21.6. The van der Waals surface area contributed by atoms with Gasteiger partial charge in [-0.2, -0.15) is 0 Å². The van der Waals surface area contributed by atoms with E-state index < -0.39 is 17.9 Å². The quantitative estimate of drug-likeness (QED) is 0.323. The van der Waals surface area contributed by atoms with Crippen molar-refractivity contribution in [3.05, 3.63) is 0 Å². The van der Waals surface area contributed by atoms with Crippen molar-refractivity contribution in [1.29, 1.82) is 0 Å². The number of aliphatic hydroxyl groups excluding tert-OH is 1. The van der Waals surface area contributed by atoms with E-state index in [1.165, 1.54) is 0 Å². The molecule has 12 heavy (non-hydrogen) atoms. The van der Waals surface area contributed by atoms with Crippen molar-refractivity contribution in [2.24, 2.45) is 5.92 Å². The Bertz CT molecular complexity index is 236. The van der Waals surface area contributed by atoms with Crippen LogP contribution in [-0.4, -0.2) is 35.9 Å². The summed E-state index contributed by atoms with van der Waals surface area (Å²) in [6, 6.07) is 0. The normalized spacial score (nSPS) is 39.9. The average molecular weight is 172 g/mol. The van der Waals surface area contributed by atoms with E-state index in [0.29, 0.717) is 0 Å². The lowest BCUT2D eigenvalue weighted by Crippen LogP contribution is -2.17. The fourth-order valence-corrected chi connectivity index (χ4v) is 1.40. The molecule has 5 nitrogen and oxygen atoms in total. The molecule has 2 aliphatic heterocycles. The summed E-state index contributed by atoms with van der Waals surface area (Å²) in [5.74, 6) is -1.52. The van der Waals surface area contributed by atoms with E-state index >= 15 is 0 Å². The summed E-state index contributed by atoms with van der Waals surface area (Å²) in [6.07, 6.45) is -0.512. The maximum atomic E-state index is 10.9. The molecule has 1 N–H and O–H groups in total. The van der Waals surface area contributed by atoms with Crippen LogP contribution in [0.4, 0.5) is 0 Å². The average Bonchev–Trinajstić information content (AvgIpc) is 2.72. The SMILES string of the molecule is O=C1CC(C2OC2CO)C(=O)O1. The lowest BCUT2D eigenvalue weighted by atomic mass is 10.0. The van der Waals surface area contributed by atoms with Gasteiger partial charge < -0.3 is 14.6 Å². The minimum absolute atomic E-state index is 0.0833. The van der Waals surface area contributed by atoms with E-state index in [2.05, 4.69) is 4.74 Å². The first kappa shape index (κ1) is 7.70. The molecule has 0 amide bonds. The van der Waals surface area contributed by atoms with E-state index in [1.54, 1.807) is 0 Å². The van der Waals surface area contributed by atoms with Gasteiger partial charge in [-0.25, -0.2) is 0 Å². The molecule has 66 valence electrons. The second-order valence-corrected chi connectivity index (χ2v) is 2.93. The van der Waals surface area contributed by atoms with E-state index in [0.717, 1.165) is 0 Å². The van der Waals surface area contributed by atoms with Gasteiger partial charge >= 0.3 is 11.9 Å². The number of epoxide rings is 1. The number of hydrogen-bond acceptors (Lipinski definition) is 5. The highest BCUT2D eigenvalue weighted by atomic mass is 16.6. The smallest absolute Gasteiger partial charge is 0.319 e. The van der Waals surface area contributed by atoms with Crippen LogP contribution < -0.4 is 0 Å². The highest BCUT2D eigenvalue weighted by Gasteiger charge is 2.52. The van der Waals surface area contributed by atoms with E-state index in [9.17, 15) is 9.59 Å². The summed E-state index contributed by atoms with van der Waals surface area (Å²) in [5, 5.41) is 8.63. The Hall–Kier alpha value is -0.940. The fraction of sp³-hybridized carbons (Fsp3) is 0.714. The highest BCUT2D eigenvalue weighted by molar-refractivity contribution is 5.95. The number of ether oxygens (including phenoxy) is 2. The third kappa shape index (κ3) is 1.11. The molecule has 2 fully saturated rings. The molecule has 3 unspecified atom stereocenters. The summed E-state index contributed by atoms with van der Waals surface area (Å²) in [5.41, 5.74) is 0. The molecule has 0 aromatic heterocycles. The molecule has 2 saturated heterocycles. The van der Waals surface area contributed by atoms with Crippen LogP contribution in [0.1, 0.15) is 6.42 Å². The van der Waals surface area contributed by atoms with Crippen LogP contribution >= 0.6 is 0 Å². The first-order chi connectivity index (χ1) is 5.72. The van der Waals surface area contributed by atoms with Gasteiger partial charge in [0.05, 0.1) is 18.9 Å².